The van der Waals surface area contributed by atoms with Gasteiger partial charge in [0.15, 0.2) is 11.2 Å². The quantitative estimate of drug-likeness (QED) is 0.210. The lowest BCUT2D eigenvalue weighted by Crippen LogP contribution is -2.56. The van der Waals surface area contributed by atoms with Gasteiger partial charge < -0.3 is 30.1 Å². The monoisotopic (exact) mass is 628 g/mol. The minimum atomic E-state index is -4.26. The third-order valence-electron chi connectivity index (χ3n) is 7.79. The lowest BCUT2D eigenvalue weighted by atomic mass is 9.92. The number of rotatable bonds is 10. The van der Waals surface area contributed by atoms with E-state index in [1.165, 1.54) is 24.3 Å². The summed E-state index contributed by atoms with van der Waals surface area (Å²) in [5.41, 5.74) is 2.03. The Labute approximate surface area is 255 Å². The van der Waals surface area contributed by atoms with E-state index in [4.69, 9.17) is 9.47 Å². The summed E-state index contributed by atoms with van der Waals surface area (Å²) in [4.78, 5) is 3.37. The highest BCUT2D eigenvalue weighted by molar-refractivity contribution is 7.93. The zero-order chi connectivity index (χ0) is 30.6. The number of sulfonamides is 1. The van der Waals surface area contributed by atoms with Crippen molar-refractivity contribution in [2.24, 2.45) is 5.92 Å². The number of nitrogens with zero attached hydrogens (tertiary/aromatic N) is 2. The Morgan fingerprint density at radius 3 is 2.60 bits per heavy atom. The van der Waals surface area contributed by atoms with Crippen LogP contribution in [0.25, 0.3) is 27.3 Å². The molecule has 5 atom stereocenters. The Morgan fingerprint density at radius 1 is 1.09 bits per heavy atom. The second-order valence-electron chi connectivity index (χ2n) is 10.7. The van der Waals surface area contributed by atoms with Gasteiger partial charge in [0.2, 0.25) is 0 Å². The first-order chi connectivity index (χ1) is 20.6. The predicted octanol–water partition coefficient (Wildman–Crippen LogP) is 2.17. The van der Waals surface area contributed by atoms with Crippen molar-refractivity contribution in [2.75, 3.05) is 51.3 Å². The highest BCUT2D eigenvalue weighted by Crippen LogP contribution is 2.33. The molecule has 1 unspecified atom stereocenters. The molecule has 2 aliphatic heterocycles. The maximum atomic E-state index is 12.9. The van der Waals surface area contributed by atoms with Gasteiger partial charge in [-0.1, -0.05) is 25.1 Å². The summed E-state index contributed by atoms with van der Waals surface area (Å²) in [6.07, 6.45) is -3.94. The van der Waals surface area contributed by atoms with Crippen molar-refractivity contribution in [3.63, 3.8) is 0 Å². The third-order valence-corrected chi connectivity index (χ3v) is 10.2. The summed E-state index contributed by atoms with van der Waals surface area (Å²) in [6, 6.07) is 17.8. The van der Waals surface area contributed by atoms with E-state index >= 15 is 0 Å². The average Bonchev–Trinajstić information content (AvgIpc) is 3.49. The summed E-state index contributed by atoms with van der Waals surface area (Å²) >= 11 is 1.35. The summed E-state index contributed by atoms with van der Waals surface area (Å²) in [7, 11) is -4.26. The van der Waals surface area contributed by atoms with Gasteiger partial charge in [0.25, 0.3) is 10.0 Å². The number of allylic oxidation sites excluding steroid dienone is 1. The number of fused-ring (bicyclic) bond motifs is 1. The number of ether oxygens (including phenoxy) is 2. The fourth-order valence-corrected chi connectivity index (χ4v) is 7.06. The number of anilines is 1. The number of aliphatic hydroxyl groups excluding tert-OH is 3. The molecule has 43 heavy (non-hydrogen) atoms. The topological polar surface area (TPSA) is 164 Å². The first-order valence-electron chi connectivity index (χ1n) is 14.1. The number of hydrogen-bond donors (Lipinski definition) is 5. The van der Waals surface area contributed by atoms with Gasteiger partial charge in [0.1, 0.15) is 18.3 Å². The molecule has 0 amide bonds. The van der Waals surface area contributed by atoms with E-state index in [0.717, 1.165) is 66.3 Å². The van der Waals surface area contributed by atoms with E-state index in [1.807, 2.05) is 12.1 Å². The standard InChI is InChI=1S/C30H36N4O7S2/c1-19-28(35)29(36)26(41-30(19)37)18-33-43(38,39)25(17-31)16-24-6-7-27(42-24)22-3-2-21-15-23(5-4-20(21)14-22)32-8-9-34-10-12-40-13-11-34/h2-7,14-16,19,26,28-30,32-33,35-37H,8-13,18H2,1H3/b25-16+/t19-,26-,28-,29-,30?/m1/s1. The first kappa shape index (κ1) is 31.5. The van der Waals surface area contributed by atoms with E-state index in [9.17, 15) is 29.0 Å². The number of benzene rings is 2. The van der Waals surface area contributed by atoms with Crippen LogP contribution in [0.5, 0.6) is 0 Å². The molecule has 0 bridgehead atoms. The van der Waals surface area contributed by atoms with Crippen molar-refractivity contribution < 1.29 is 33.2 Å². The SMILES string of the molecule is C[C@H]1C(O)O[C@H](CNS(=O)(=O)/C(C#N)=C/c2ccc(-c3ccc4cc(NCCN5CCOCC5)ccc4c3)s2)[C@@H](O)[C@@H]1O. The van der Waals surface area contributed by atoms with Crippen molar-refractivity contribution in [3.05, 3.63) is 58.3 Å². The van der Waals surface area contributed by atoms with Gasteiger partial charge in [-0.15, -0.1) is 11.3 Å². The molecule has 2 aliphatic rings. The molecule has 2 saturated heterocycles. The minimum absolute atomic E-state index is 0.429. The molecular formula is C30H36N4O7S2. The van der Waals surface area contributed by atoms with Crippen LogP contribution in [0.3, 0.4) is 0 Å². The fraction of sp³-hybridized carbons (Fsp3) is 0.433. The van der Waals surface area contributed by atoms with Crippen LogP contribution in [0.4, 0.5) is 5.69 Å². The van der Waals surface area contributed by atoms with Gasteiger partial charge in [-0.2, -0.15) is 5.26 Å². The summed E-state index contributed by atoms with van der Waals surface area (Å²) < 4.78 is 38.6. The lowest BCUT2D eigenvalue weighted by molar-refractivity contribution is -0.257. The fourth-order valence-electron chi connectivity index (χ4n) is 5.10. The molecule has 11 nitrogen and oxygen atoms in total. The van der Waals surface area contributed by atoms with E-state index < -0.39 is 52.0 Å². The molecule has 2 fully saturated rings. The number of morpholine rings is 1. The average molecular weight is 629 g/mol. The number of aliphatic hydroxyl groups is 3. The summed E-state index contributed by atoms with van der Waals surface area (Å²) in [5.74, 6) is -0.738. The van der Waals surface area contributed by atoms with Crippen LogP contribution in [-0.4, -0.2) is 99.2 Å². The smallest absolute Gasteiger partial charge is 0.250 e. The van der Waals surface area contributed by atoms with E-state index in [0.29, 0.717) is 4.88 Å². The van der Waals surface area contributed by atoms with Crippen molar-refractivity contribution >= 4 is 43.9 Å². The Bertz CT molecular complexity index is 1600. The van der Waals surface area contributed by atoms with Gasteiger partial charge >= 0.3 is 0 Å². The molecule has 0 aliphatic carbocycles. The van der Waals surface area contributed by atoms with Crippen LogP contribution < -0.4 is 10.0 Å². The van der Waals surface area contributed by atoms with Crippen LogP contribution in [0.1, 0.15) is 11.8 Å². The maximum Gasteiger partial charge on any atom is 0.250 e. The summed E-state index contributed by atoms with van der Waals surface area (Å²) in [5, 5.41) is 45.5. The molecule has 3 aromatic rings. The van der Waals surface area contributed by atoms with Crippen LogP contribution in [-0.2, 0) is 19.5 Å². The largest absolute Gasteiger partial charge is 0.390 e. The Morgan fingerprint density at radius 2 is 1.84 bits per heavy atom. The second kappa shape index (κ2) is 13.8. The summed E-state index contributed by atoms with van der Waals surface area (Å²) in [6.45, 7) is 6.40. The molecule has 0 spiro atoms. The molecule has 5 N–H and O–H groups in total. The number of nitriles is 1. The van der Waals surface area contributed by atoms with Crippen LogP contribution in [0, 0.1) is 17.2 Å². The molecule has 5 rings (SSSR count). The second-order valence-corrected chi connectivity index (χ2v) is 13.6. The van der Waals surface area contributed by atoms with E-state index in [-0.39, 0.29) is 0 Å². The molecule has 0 saturated carbocycles. The van der Waals surface area contributed by atoms with Crippen LogP contribution >= 0.6 is 11.3 Å². The van der Waals surface area contributed by atoms with Crippen LogP contribution in [0.2, 0.25) is 0 Å². The third kappa shape index (κ3) is 7.61. The maximum absolute atomic E-state index is 12.9. The van der Waals surface area contributed by atoms with Gasteiger partial charge in [-0.05, 0) is 52.7 Å². The van der Waals surface area contributed by atoms with Crippen LogP contribution in [0.15, 0.2) is 53.4 Å². The minimum Gasteiger partial charge on any atom is -0.390 e. The normalized spacial score (nSPS) is 25.5. The molecule has 0 radical (unpaired) electrons. The van der Waals surface area contributed by atoms with E-state index in [1.54, 1.807) is 12.1 Å². The van der Waals surface area contributed by atoms with Crippen molar-refractivity contribution in [2.45, 2.75) is 31.5 Å². The number of hydrogen-bond acceptors (Lipinski definition) is 11. The van der Waals surface area contributed by atoms with Crippen molar-refractivity contribution in [1.29, 1.82) is 5.26 Å². The molecular weight excluding hydrogens is 592 g/mol. The molecule has 2 aromatic carbocycles. The van der Waals surface area contributed by atoms with Gasteiger partial charge in [-0.25, -0.2) is 13.1 Å². The Hall–Kier alpha value is -2.90. The number of nitrogens with one attached hydrogen (secondary N) is 2. The zero-order valence-electron chi connectivity index (χ0n) is 23.7. The van der Waals surface area contributed by atoms with Crippen molar-refractivity contribution in [3.8, 4) is 16.5 Å². The Kier molecular flexibility index (Phi) is 10.1. The molecule has 3 heterocycles. The molecule has 1 aromatic heterocycles. The van der Waals surface area contributed by atoms with Gasteiger partial charge in [0.05, 0.1) is 19.3 Å². The predicted molar refractivity (Wildman–Crippen MR) is 166 cm³/mol. The van der Waals surface area contributed by atoms with Gasteiger partial charge in [-0.3, -0.25) is 4.90 Å². The highest BCUT2D eigenvalue weighted by Gasteiger charge is 2.41. The molecule has 13 heteroatoms. The van der Waals surface area contributed by atoms with Gasteiger partial charge in [0, 0.05) is 54.1 Å². The van der Waals surface area contributed by atoms with Crippen molar-refractivity contribution in [1.82, 2.24) is 9.62 Å². The first-order valence-corrected chi connectivity index (χ1v) is 16.4. The lowest BCUT2D eigenvalue weighted by Gasteiger charge is -2.39. The highest BCUT2D eigenvalue weighted by atomic mass is 32.2. The molecule has 230 valence electrons. The number of thiophene rings is 1. The zero-order valence-corrected chi connectivity index (χ0v) is 25.4. The van der Waals surface area contributed by atoms with E-state index in [2.05, 4.69) is 45.3 Å². The Balaban J connectivity index is 1.23.